The lowest BCUT2D eigenvalue weighted by atomic mass is 10.1. The Kier molecular flexibility index (Phi) is 5.58. The van der Waals surface area contributed by atoms with Crippen LogP contribution in [0.15, 0.2) is 47.3 Å². The van der Waals surface area contributed by atoms with Gasteiger partial charge in [-0.1, -0.05) is 6.07 Å². The Morgan fingerprint density at radius 1 is 1.06 bits per heavy atom. The second kappa shape index (κ2) is 8.61. The van der Waals surface area contributed by atoms with Crippen LogP contribution in [-0.2, 0) is 0 Å². The zero-order valence-corrected chi connectivity index (χ0v) is 19.1. The quantitative estimate of drug-likeness (QED) is 0.468. The zero-order valence-electron chi connectivity index (χ0n) is 19.1. The van der Waals surface area contributed by atoms with E-state index in [0.29, 0.717) is 21.3 Å². The molecule has 3 N–H and O–H groups in total. The van der Waals surface area contributed by atoms with Crippen LogP contribution in [0.5, 0.6) is 0 Å². The number of aromatic nitrogens is 2. The number of carbonyl (C=O) groups excluding carboxylic acids is 1. The monoisotopic (exact) mass is 478 g/mol. The summed E-state index contributed by atoms with van der Waals surface area (Å²) >= 11 is 0. The molecule has 2 aliphatic rings. The first-order chi connectivity index (χ1) is 16.9. The molecule has 35 heavy (non-hydrogen) atoms. The smallest absolute Gasteiger partial charge is 0.276 e. The van der Waals surface area contributed by atoms with E-state index in [2.05, 4.69) is 20.6 Å². The predicted molar refractivity (Wildman–Crippen MR) is 130 cm³/mol. The summed E-state index contributed by atoms with van der Waals surface area (Å²) in [6.07, 6.45) is 4.67. The molecule has 1 saturated heterocycles. The molecule has 10 heteroatoms. The van der Waals surface area contributed by atoms with E-state index < -0.39 is 28.8 Å². The molecule has 1 aliphatic carbocycles. The third kappa shape index (κ3) is 4.05. The molecule has 1 aliphatic heterocycles. The molecule has 1 spiro atoms. The lowest BCUT2D eigenvalue weighted by Gasteiger charge is -2.26. The Bertz CT molecular complexity index is 1380. The van der Waals surface area contributed by atoms with Gasteiger partial charge in [-0.3, -0.25) is 9.59 Å². The summed E-state index contributed by atoms with van der Waals surface area (Å²) in [6.45, 7) is 1.66. The van der Waals surface area contributed by atoms with E-state index in [1.165, 1.54) is 31.2 Å². The molecular weight excluding hydrogens is 454 g/mol. The second-order valence-electron chi connectivity index (χ2n) is 8.98. The number of hydrogen-bond acceptors (Lipinski definition) is 6. The predicted octanol–water partition coefficient (Wildman–Crippen LogP) is 3.79. The van der Waals surface area contributed by atoms with Crippen molar-refractivity contribution in [2.75, 3.05) is 35.7 Å². The summed E-state index contributed by atoms with van der Waals surface area (Å²) in [7, 11) is 1.77. The molecule has 3 aromatic rings. The van der Waals surface area contributed by atoms with Crippen molar-refractivity contribution in [2.45, 2.75) is 19.3 Å². The number of halogens is 2. The molecule has 0 bridgehead atoms. The first-order valence-corrected chi connectivity index (χ1v) is 11.3. The highest BCUT2D eigenvalue weighted by Gasteiger charge is 2.48. The van der Waals surface area contributed by atoms with Crippen LogP contribution in [0.25, 0.3) is 5.69 Å². The van der Waals surface area contributed by atoms with Gasteiger partial charge in [0.2, 0.25) is 0 Å². The molecule has 2 aromatic carbocycles. The minimum Gasteiger partial charge on any atom is -0.388 e. The largest absolute Gasteiger partial charge is 0.388 e. The van der Waals surface area contributed by atoms with Crippen LogP contribution >= 0.6 is 0 Å². The van der Waals surface area contributed by atoms with Crippen LogP contribution in [0.4, 0.5) is 25.8 Å². The van der Waals surface area contributed by atoms with Crippen LogP contribution in [0, 0.1) is 22.5 Å². The van der Waals surface area contributed by atoms with Gasteiger partial charge in [0.1, 0.15) is 11.4 Å². The topological polar surface area (TPSA) is 103 Å². The maximum atomic E-state index is 14.3. The van der Waals surface area contributed by atoms with Gasteiger partial charge >= 0.3 is 0 Å². The number of benzene rings is 2. The van der Waals surface area contributed by atoms with E-state index in [-0.39, 0.29) is 5.69 Å². The molecule has 8 nitrogen and oxygen atoms in total. The van der Waals surface area contributed by atoms with Crippen LogP contribution in [0.2, 0.25) is 0 Å². The van der Waals surface area contributed by atoms with Gasteiger partial charge in [0.15, 0.2) is 11.6 Å². The molecule has 1 aromatic heterocycles. The molecular formula is C25H24F2N6O2. The van der Waals surface area contributed by atoms with Crippen LogP contribution in [0.3, 0.4) is 0 Å². The standard InChI is InChI=1S/C25H24F2N6O2/c1-29-18-5-6-19(22(15(18)13-28)32-12-11-25(14-32)9-10-25)30-24(35)20-7-8-21(34)33(31-20)23-16(26)3-2-4-17(23)27/h2-8,13,28-29H,9-12,14H2,1H3,(H,30,35). The number of nitrogens with zero attached hydrogens (tertiary/aromatic N) is 3. The van der Waals surface area contributed by atoms with Crippen molar-refractivity contribution in [3.63, 3.8) is 0 Å². The van der Waals surface area contributed by atoms with Crippen LogP contribution < -0.4 is 21.1 Å². The van der Waals surface area contributed by atoms with Crippen molar-refractivity contribution in [3.05, 3.63) is 75.7 Å². The third-order valence-electron chi connectivity index (χ3n) is 6.77. The molecule has 0 unspecified atom stereocenters. The average Bonchev–Trinajstić information content (AvgIpc) is 3.48. The first kappa shape index (κ1) is 22.7. The van der Waals surface area contributed by atoms with Gasteiger partial charge < -0.3 is 20.9 Å². The minimum atomic E-state index is -0.972. The lowest BCUT2D eigenvalue weighted by Crippen LogP contribution is -2.27. The Balaban J connectivity index is 1.52. The summed E-state index contributed by atoms with van der Waals surface area (Å²) in [6, 6.07) is 8.96. The number of anilines is 3. The van der Waals surface area contributed by atoms with Gasteiger partial charge in [-0.2, -0.15) is 9.78 Å². The minimum absolute atomic E-state index is 0.188. The third-order valence-corrected chi connectivity index (χ3v) is 6.77. The Hall–Kier alpha value is -4.08. The number of carbonyl (C=O) groups is 1. The van der Waals surface area contributed by atoms with Crippen molar-refractivity contribution >= 4 is 29.2 Å². The average molecular weight is 479 g/mol. The highest BCUT2D eigenvalue weighted by Crippen LogP contribution is 2.54. The normalized spacial score (nSPS) is 15.8. The van der Waals surface area contributed by atoms with Gasteiger partial charge in [0.25, 0.3) is 11.5 Å². The van der Waals surface area contributed by atoms with E-state index >= 15 is 0 Å². The van der Waals surface area contributed by atoms with E-state index in [1.807, 2.05) is 0 Å². The Labute approximate surface area is 200 Å². The fourth-order valence-corrected chi connectivity index (χ4v) is 4.69. The molecule has 2 fully saturated rings. The molecule has 5 rings (SSSR count). The highest BCUT2D eigenvalue weighted by molar-refractivity contribution is 6.08. The fourth-order valence-electron chi connectivity index (χ4n) is 4.69. The summed E-state index contributed by atoms with van der Waals surface area (Å²) in [5.41, 5.74) is 1.33. The van der Waals surface area contributed by atoms with Gasteiger partial charge in [0, 0.05) is 43.7 Å². The van der Waals surface area contributed by atoms with E-state index in [4.69, 9.17) is 5.41 Å². The van der Waals surface area contributed by atoms with Crippen molar-refractivity contribution in [1.82, 2.24) is 9.78 Å². The SMILES string of the molecule is CNc1ccc(NC(=O)c2ccc(=O)n(-c3c(F)cccc3F)n2)c(N2CCC3(CC3)C2)c1C=N. The summed E-state index contributed by atoms with van der Waals surface area (Å²) in [5, 5.41) is 17.9. The lowest BCUT2D eigenvalue weighted by molar-refractivity contribution is 0.102. The van der Waals surface area contributed by atoms with Crippen molar-refractivity contribution < 1.29 is 13.6 Å². The maximum Gasteiger partial charge on any atom is 0.276 e. The van der Waals surface area contributed by atoms with Gasteiger partial charge in [-0.05, 0) is 55.0 Å². The number of rotatable bonds is 6. The van der Waals surface area contributed by atoms with Gasteiger partial charge in [-0.25, -0.2) is 8.78 Å². The summed E-state index contributed by atoms with van der Waals surface area (Å²) in [4.78, 5) is 27.7. The number of nitrogens with one attached hydrogen (secondary N) is 3. The molecule has 2 heterocycles. The molecule has 0 radical (unpaired) electrons. The van der Waals surface area contributed by atoms with Crippen molar-refractivity contribution in [2.24, 2.45) is 5.41 Å². The van der Waals surface area contributed by atoms with E-state index in [9.17, 15) is 18.4 Å². The summed E-state index contributed by atoms with van der Waals surface area (Å²) in [5.74, 6) is -2.59. The number of hydrogen-bond donors (Lipinski definition) is 3. The number of amides is 1. The molecule has 180 valence electrons. The zero-order chi connectivity index (χ0) is 24.7. The van der Waals surface area contributed by atoms with Crippen LogP contribution in [-0.4, -0.2) is 42.0 Å². The van der Waals surface area contributed by atoms with Crippen molar-refractivity contribution in [3.8, 4) is 5.69 Å². The van der Waals surface area contributed by atoms with E-state index in [0.717, 1.165) is 49.1 Å². The highest BCUT2D eigenvalue weighted by atomic mass is 19.1. The Morgan fingerprint density at radius 3 is 2.40 bits per heavy atom. The number of para-hydroxylation sites is 1. The molecule has 0 atom stereocenters. The molecule has 1 saturated carbocycles. The van der Waals surface area contributed by atoms with Gasteiger partial charge in [0.05, 0.1) is 11.4 Å². The maximum absolute atomic E-state index is 14.3. The summed E-state index contributed by atoms with van der Waals surface area (Å²) < 4.78 is 29.1. The second-order valence-corrected chi connectivity index (χ2v) is 8.98. The molecule has 1 amide bonds. The fraction of sp³-hybridized carbons (Fsp3) is 0.280. The van der Waals surface area contributed by atoms with Crippen molar-refractivity contribution in [1.29, 1.82) is 5.41 Å². The Morgan fingerprint density at radius 2 is 1.77 bits per heavy atom. The van der Waals surface area contributed by atoms with Crippen LogP contribution in [0.1, 0.15) is 35.3 Å². The first-order valence-electron chi connectivity index (χ1n) is 11.3. The van der Waals surface area contributed by atoms with E-state index in [1.54, 1.807) is 19.2 Å². The van der Waals surface area contributed by atoms with Gasteiger partial charge in [-0.15, -0.1) is 0 Å².